The number of carbonyl (C=O) groups excluding carboxylic acids is 1. The summed E-state index contributed by atoms with van der Waals surface area (Å²) in [5.41, 5.74) is -1.58. The van der Waals surface area contributed by atoms with Gasteiger partial charge in [0, 0.05) is 5.88 Å². The van der Waals surface area contributed by atoms with E-state index in [4.69, 9.17) is 11.6 Å². The van der Waals surface area contributed by atoms with Gasteiger partial charge in [-0.1, -0.05) is 6.42 Å². The standard InChI is InChI=1S/C6H10BClF3O/c8-5-3-1-2-4-6(12)7(9,10)11/h1-5H2/q-1. The van der Waals surface area contributed by atoms with Crippen molar-refractivity contribution >= 4 is 24.3 Å². The zero-order valence-electron chi connectivity index (χ0n) is 6.53. The highest BCUT2D eigenvalue weighted by molar-refractivity contribution is 6.90. The second-order valence-corrected chi connectivity index (χ2v) is 2.92. The Morgan fingerprint density at radius 2 is 1.75 bits per heavy atom. The predicted molar refractivity (Wildman–Crippen MR) is 43.3 cm³/mol. The molecule has 0 heterocycles. The van der Waals surface area contributed by atoms with Crippen LogP contribution in [0.25, 0.3) is 0 Å². The first-order valence-electron chi connectivity index (χ1n) is 3.77. The molecule has 1 nitrogen and oxygen atoms in total. The van der Waals surface area contributed by atoms with Gasteiger partial charge in [0.05, 0.1) is 5.68 Å². The largest absolute Gasteiger partial charge is 0.544 e. The van der Waals surface area contributed by atoms with Gasteiger partial charge in [0.1, 0.15) is 0 Å². The minimum Gasteiger partial charge on any atom is -0.443 e. The van der Waals surface area contributed by atoms with E-state index in [2.05, 4.69) is 0 Å². The molecule has 6 heteroatoms. The Bertz CT molecular complexity index is 148. The SMILES string of the molecule is O=C(CCCCCCl)[B-](F)(F)F. The molecule has 0 radical (unpaired) electrons. The Hall–Kier alpha value is -0.185. The van der Waals surface area contributed by atoms with E-state index in [9.17, 15) is 17.7 Å². The molecule has 0 saturated heterocycles. The van der Waals surface area contributed by atoms with Gasteiger partial charge in [0.15, 0.2) is 0 Å². The van der Waals surface area contributed by atoms with Gasteiger partial charge >= 0.3 is 6.98 Å². The second-order valence-electron chi connectivity index (χ2n) is 2.54. The van der Waals surface area contributed by atoms with Crippen molar-refractivity contribution in [2.75, 3.05) is 5.88 Å². The fourth-order valence-electron chi connectivity index (χ4n) is 0.734. The van der Waals surface area contributed by atoms with Crippen molar-refractivity contribution < 1.29 is 17.7 Å². The maximum absolute atomic E-state index is 11.6. The summed E-state index contributed by atoms with van der Waals surface area (Å²) < 4.78 is 34.9. The molecule has 0 aromatic heterocycles. The van der Waals surface area contributed by atoms with Crippen LogP contribution in [-0.4, -0.2) is 18.5 Å². The normalized spacial score (nSPS) is 11.7. The van der Waals surface area contributed by atoms with E-state index < -0.39 is 12.7 Å². The lowest BCUT2D eigenvalue weighted by molar-refractivity contribution is -0.115. The highest BCUT2D eigenvalue weighted by Gasteiger charge is 2.31. The van der Waals surface area contributed by atoms with E-state index in [1.165, 1.54) is 0 Å². The molecule has 0 aromatic carbocycles. The molecule has 0 aliphatic rings. The number of halogens is 4. The average molecular weight is 201 g/mol. The zero-order chi connectivity index (χ0) is 9.61. The molecular formula is C6H10BClF3O-. The van der Waals surface area contributed by atoms with Crippen LogP contribution in [0.3, 0.4) is 0 Å². The molecule has 0 fully saturated rings. The van der Waals surface area contributed by atoms with Crippen LogP contribution in [-0.2, 0) is 4.79 Å². The van der Waals surface area contributed by atoms with Gasteiger partial charge in [-0.15, -0.1) is 11.6 Å². The van der Waals surface area contributed by atoms with Gasteiger partial charge in [-0.2, -0.15) is 0 Å². The van der Waals surface area contributed by atoms with Crippen LogP contribution in [0.4, 0.5) is 12.9 Å². The van der Waals surface area contributed by atoms with E-state index in [-0.39, 0.29) is 12.8 Å². The molecule has 0 bridgehead atoms. The topological polar surface area (TPSA) is 17.1 Å². The Morgan fingerprint density at radius 1 is 1.17 bits per heavy atom. The summed E-state index contributed by atoms with van der Waals surface area (Å²) in [5, 5.41) is 0. The Kier molecular flexibility index (Phi) is 5.37. The molecule has 12 heavy (non-hydrogen) atoms. The van der Waals surface area contributed by atoms with Gasteiger partial charge in [-0.25, -0.2) is 0 Å². The van der Waals surface area contributed by atoms with Crippen LogP contribution in [0.15, 0.2) is 0 Å². The van der Waals surface area contributed by atoms with E-state index >= 15 is 0 Å². The maximum Gasteiger partial charge on any atom is 0.544 e. The predicted octanol–water partition coefficient (Wildman–Crippen LogP) is 2.74. The maximum atomic E-state index is 11.6. The molecule has 0 rings (SSSR count). The van der Waals surface area contributed by atoms with Crippen molar-refractivity contribution in [1.29, 1.82) is 0 Å². The molecule has 0 amide bonds. The lowest BCUT2D eigenvalue weighted by atomic mass is 9.81. The molecule has 0 unspecified atom stereocenters. The highest BCUT2D eigenvalue weighted by atomic mass is 35.5. The number of hydrogen-bond acceptors (Lipinski definition) is 1. The van der Waals surface area contributed by atoms with Crippen LogP contribution in [0.2, 0.25) is 0 Å². The van der Waals surface area contributed by atoms with Crippen LogP contribution < -0.4 is 0 Å². The first-order valence-corrected chi connectivity index (χ1v) is 4.30. The van der Waals surface area contributed by atoms with Gasteiger partial charge in [0.2, 0.25) is 0 Å². The first kappa shape index (κ1) is 11.8. The van der Waals surface area contributed by atoms with Crippen LogP contribution >= 0.6 is 11.6 Å². The van der Waals surface area contributed by atoms with Gasteiger partial charge in [-0.3, -0.25) is 0 Å². The monoisotopic (exact) mass is 201 g/mol. The number of carbonyl (C=O) groups is 1. The van der Waals surface area contributed by atoms with Crippen molar-refractivity contribution in [2.24, 2.45) is 0 Å². The van der Waals surface area contributed by atoms with Crippen molar-refractivity contribution in [3.8, 4) is 0 Å². The van der Waals surface area contributed by atoms with E-state index in [0.29, 0.717) is 18.7 Å². The van der Waals surface area contributed by atoms with Crippen molar-refractivity contribution in [2.45, 2.75) is 25.7 Å². The number of alkyl halides is 1. The fourth-order valence-corrected chi connectivity index (χ4v) is 0.923. The van der Waals surface area contributed by atoms with Gasteiger partial charge in [-0.05, 0) is 19.3 Å². The Morgan fingerprint density at radius 3 is 2.17 bits per heavy atom. The average Bonchev–Trinajstić information content (AvgIpc) is 1.96. The summed E-state index contributed by atoms with van der Waals surface area (Å²) in [6, 6.07) is 0. The fraction of sp³-hybridized carbons (Fsp3) is 0.833. The van der Waals surface area contributed by atoms with E-state index in [0.717, 1.165) is 0 Å². The minimum absolute atomic E-state index is 0.285. The smallest absolute Gasteiger partial charge is 0.443 e. The zero-order valence-corrected chi connectivity index (χ0v) is 7.29. The third kappa shape index (κ3) is 5.46. The molecule has 0 aromatic rings. The molecule has 0 atom stereocenters. The summed E-state index contributed by atoms with van der Waals surface area (Å²) in [5.74, 6) is 0.436. The van der Waals surface area contributed by atoms with Crippen LogP contribution in [0.1, 0.15) is 25.7 Å². The third-order valence-electron chi connectivity index (χ3n) is 1.42. The molecule has 72 valence electrons. The van der Waals surface area contributed by atoms with Crippen LogP contribution in [0, 0.1) is 0 Å². The Balaban J connectivity index is 3.45. The molecule has 0 N–H and O–H groups in total. The highest BCUT2D eigenvalue weighted by Crippen LogP contribution is 2.14. The van der Waals surface area contributed by atoms with E-state index in [1.807, 2.05) is 0 Å². The third-order valence-corrected chi connectivity index (χ3v) is 1.69. The first-order chi connectivity index (χ1) is 5.48. The molecule has 0 spiro atoms. The lowest BCUT2D eigenvalue weighted by Crippen LogP contribution is -2.29. The number of hydrogen-bond donors (Lipinski definition) is 0. The van der Waals surface area contributed by atoms with Crippen LogP contribution in [0.5, 0.6) is 0 Å². The molecular weight excluding hydrogens is 191 g/mol. The summed E-state index contributed by atoms with van der Waals surface area (Å²) in [7, 11) is 0. The number of rotatable bonds is 6. The van der Waals surface area contributed by atoms with Gasteiger partial charge in [0.25, 0.3) is 0 Å². The molecule has 0 aliphatic carbocycles. The molecule has 0 saturated carbocycles. The minimum atomic E-state index is -5.26. The quantitative estimate of drug-likeness (QED) is 0.367. The van der Waals surface area contributed by atoms with Gasteiger partial charge < -0.3 is 17.7 Å². The van der Waals surface area contributed by atoms with Crippen molar-refractivity contribution in [3.63, 3.8) is 0 Å². The van der Waals surface area contributed by atoms with Crippen molar-refractivity contribution in [1.82, 2.24) is 0 Å². The summed E-state index contributed by atoms with van der Waals surface area (Å²) in [6.45, 7) is -5.26. The molecule has 0 aliphatic heterocycles. The second kappa shape index (κ2) is 5.46. The summed E-state index contributed by atoms with van der Waals surface area (Å²) >= 11 is 5.30. The van der Waals surface area contributed by atoms with E-state index in [1.54, 1.807) is 0 Å². The van der Waals surface area contributed by atoms with Crippen molar-refractivity contribution in [3.05, 3.63) is 0 Å². The summed E-state index contributed by atoms with van der Waals surface area (Å²) in [4.78, 5) is 10.3. The summed E-state index contributed by atoms with van der Waals surface area (Å²) in [6.07, 6.45) is 1.15. The Labute approximate surface area is 74.3 Å². The number of unbranched alkanes of at least 4 members (excludes halogenated alkanes) is 2. The lowest BCUT2D eigenvalue weighted by Gasteiger charge is -2.11.